The van der Waals surface area contributed by atoms with E-state index in [-0.39, 0.29) is 18.9 Å². The molecule has 0 spiro atoms. The van der Waals surface area contributed by atoms with Crippen molar-refractivity contribution in [1.82, 2.24) is 4.90 Å². The van der Waals surface area contributed by atoms with E-state index >= 15 is 0 Å². The minimum Gasteiger partial charge on any atom is -0.497 e. The summed E-state index contributed by atoms with van der Waals surface area (Å²) in [6, 6.07) is 13.5. The minimum absolute atomic E-state index is 0.0766. The van der Waals surface area contributed by atoms with Crippen LogP contribution in [0.3, 0.4) is 0 Å². The zero-order valence-electron chi connectivity index (χ0n) is 17.7. The summed E-state index contributed by atoms with van der Waals surface area (Å²) >= 11 is 0. The van der Waals surface area contributed by atoms with Gasteiger partial charge in [0.05, 0.1) is 7.11 Å². The van der Waals surface area contributed by atoms with Crippen molar-refractivity contribution in [2.75, 3.05) is 13.9 Å². The van der Waals surface area contributed by atoms with Crippen molar-refractivity contribution in [2.45, 2.75) is 52.3 Å². The van der Waals surface area contributed by atoms with Crippen LogP contribution in [0.5, 0.6) is 17.2 Å². The lowest BCUT2D eigenvalue weighted by Gasteiger charge is -2.32. The molecule has 1 aliphatic heterocycles. The Kier molecular flexibility index (Phi) is 6.20. The molecular formula is C23H29NO5. The number of carbonyl (C=O) groups is 1. The normalized spacial score (nSPS) is 13.7. The molecule has 1 atom stereocenters. The SMILES string of the molecule is COc1ccc(CN(C(=O)OC(C)(C)C)[C@H](C)Cc2ccc3c(c2)OCO3)cc1. The Morgan fingerprint density at radius 2 is 1.72 bits per heavy atom. The third kappa shape index (κ3) is 5.56. The predicted molar refractivity (Wildman–Crippen MR) is 111 cm³/mol. The quantitative estimate of drug-likeness (QED) is 0.699. The predicted octanol–water partition coefficient (Wildman–Crippen LogP) is 4.79. The highest BCUT2D eigenvalue weighted by Gasteiger charge is 2.27. The third-order valence-corrected chi connectivity index (χ3v) is 4.64. The van der Waals surface area contributed by atoms with Crippen molar-refractivity contribution in [3.63, 3.8) is 0 Å². The summed E-state index contributed by atoms with van der Waals surface area (Å²) in [7, 11) is 1.63. The van der Waals surface area contributed by atoms with Crippen molar-refractivity contribution >= 4 is 6.09 Å². The molecule has 156 valence electrons. The first kappa shape index (κ1) is 20.8. The van der Waals surface area contributed by atoms with Crippen LogP contribution in [0.1, 0.15) is 38.8 Å². The molecule has 6 heteroatoms. The van der Waals surface area contributed by atoms with Crippen LogP contribution in [0.2, 0.25) is 0 Å². The molecule has 6 nitrogen and oxygen atoms in total. The van der Waals surface area contributed by atoms with Crippen LogP contribution in [-0.4, -0.2) is 36.5 Å². The third-order valence-electron chi connectivity index (χ3n) is 4.64. The number of amides is 1. The van der Waals surface area contributed by atoms with Gasteiger partial charge in [-0.1, -0.05) is 18.2 Å². The van der Waals surface area contributed by atoms with E-state index in [0.29, 0.717) is 13.0 Å². The molecule has 0 aliphatic carbocycles. The summed E-state index contributed by atoms with van der Waals surface area (Å²) in [5.74, 6) is 2.28. The first-order chi connectivity index (χ1) is 13.7. The largest absolute Gasteiger partial charge is 0.497 e. The number of methoxy groups -OCH3 is 1. The molecule has 0 aromatic heterocycles. The smallest absolute Gasteiger partial charge is 0.410 e. The van der Waals surface area contributed by atoms with Crippen LogP contribution >= 0.6 is 0 Å². The van der Waals surface area contributed by atoms with Gasteiger partial charge in [-0.2, -0.15) is 0 Å². The maximum atomic E-state index is 12.9. The van der Waals surface area contributed by atoms with Crippen molar-refractivity contribution in [3.05, 3.63) is 53.6 Å². The lowest BCUT2D eigenvalue weighted by atomic mass is 10.0. The number of benzene rings is 2. The summed E-state index contributed by atoms with van der Waals surface area (Å²) < 4.78 is 21.7. The van der Waals surface area contributed by atoms with Crippen molar-refractivity contribution in [2.24, 2.45) is 0 Å². The zero-order valence-corrected chi connectivity index (χ0v) is 17.7. The van der Waals surface area contributed by atoms with Gasteiger partial charge >= 0.3 is 6.09 Å². The topological polar surface area (TPSA) is 57.2 Å². The number of carbonyl (C=O) groups excluding carboxylic acids is 1. The molecule has 0 fully saturated rings. The minimum atomic E-state index is -0.562. The highest BCUT2D eigenvalue weighted by molar-refractivity contribution is 5.68. The molecule has 1 aliphatic rings. The van der Waals surface area contributed by atoms with E-state index < -0.39 is 5.60 Å². The average Bonchev–Trinajstić information content (AvgIpc) is 3.12. The fraction of sp³-hybridized carbons (Fsp3) is 0.435. The Morgan fingerprint density at radius 1 is 1.07 bits per heavy atom. The van der Waals surface area contributed by atoms with Gasteiger partial charge in [0.15, 0.2) is 11.5 Å². The van der Waals surface area contributed by atoms with Crippen LogP contribution in [-0.2, 0) is 17.7 Å². The van der Waals surface area contributed by atoms with Gasteiger partial charge in [-0.05, 0) is 69.5 Å². The lowest BCUT2D eigenvalue weighted by Crippen LogP contribution is -2.42. The second kappa shape index (κ2) is 8.64. The molecule has 1 amide bonds. The Labute approximate surface area is 172 Å². The molecule has 0 bridgehead atoms. The van der Waals surface area contributed by atoms with E-state index in [1.54, 1.807) is 12.0 Å². The maximum absolute atomic E-state index is 12.9. The molecule has 3 rings (SSSR count). The van der Waals surface area contributed by atoms with Gasteiger partial charge in [-0.3, -0.25) is 0 Å². The Balaban J connectivity index is 1.77. The van der Waals surface area contributed by atoms with Gasteiger partial charge in [0, 0.05) is 12.6 Å². The summed E-state index contributed by atoms with van der Waals surface area (Å²) in [5, 5.41) is 0. The van der Waals surface area contributed by atoms with Gasteiger partial charge in [-0.25, -0.2) is 4.79 Å². The summed E-state index contributed by atoms with van der Waals surface area (Å²) in [5.41, 5.74) is 1.52. The first-order valence-corrected chi connectivity index (χ1v) is 9.76. The van der Waals surface area contributed by atoms with E-state index in [1.165, 1.54) is 0 Å². The summed E-state index contributed by atoms with van der Waals surface area (Å²) in [6.07, 6.45) is 0.341. The fourth-order valence-corrected chi connectivity index (χ4v) is 3.17. The lowest BCUT2D eigenvalue weighted by molar-refractivity contribution is 0.0156. The number of ether oxygens (including phenoxy) is 4. The van der Waals surface area contributed by atoms with E-state index in [0.717, 1.165) is 28.4 Å². The van der Waals surface area contributed by atoms with Crippen LogP contribution < -0.4 is 14.2 Å². The highest BCUT2D eigenvalue weighted by atomic mass is 16.7. The second-order valence-corrected chi connectivity index (χ2v) is 8.20. The van der Waals surface area contributed by atoms with E-state index in [4.69, 9.17) is 18.9 Å². The van der Waals surface area contributed by atoms with Crippen LogP contribution in [0.4, 0.5) is 4.79 Å². The summed E-state index contributed by atoms with van der Waals surface area (Å²) in [6.45, 7) is 8.34. The number of nitrogens with zero attached hydrogens (tertiary/aromatic N) is 1. The van der Waals surface area contributed by atoms with Crippen molar-refractivity contribution in [1.29, 1.82) is 0 Å². The van der Waals surface area contributed by atoms with Gasteiger partial charge < -0.3 is 23.8 Å². The van der Waals surface area contributed by atoms with E-state index in [2.05, 4.69) is 0 Å². The first-order valence-electron chi connectivity index (χ1n) is 9.76. The van der Waals surface area contributed by atoms with Crippen molar-refractivity contribution < 1.29 is 23.7 Å². The van der Waals surface area contributed by atoms with E-state index in [9.17, 15) is 4.79 Å². The van der Waals surface area contributed by atoms with Gasteiger partial charge in [0.1, 0.15) is 11.4 Å². The van der Waals surface area contributed by atoms with E-state index in [1.807, 2.05) is 70.2 Å². The zero-order chi connectivity index (χ0) is 21.0. The Morgan fingerprint density at radius 3 is 2.38 bits per heavy atom. The molecule has 0 unspecified atom stereocenters. The van der Waals surface area contributed by atoms with Crippen LogP contribution in [0.15, 0.2) is 42.5 Å². The molecule has 0 saturated carbocycles. The van der Waals surface area contributed by atoms with Crippen LogP contribution in [0, 0.1) is 0 Å². The van der Waals surface area contributed by atoms with Gasteiger partial charge in [0.25, 0.3) is 0 Å². The van der Waals surface area contributed by atoms with Gasteiger partial charge in [-0.15, -0.1) is 0 Å². The standard InChI is InChI=1S/C23H29NO5/c1-16(12-18-8-11-20-21(13-18)28-15-27-20)24(22(25)29-23(2,3)4)14-17-6-9-19(26-5)10-7-17/h6-11,13,16H,12,14-15H2,1-5H3/t16-/m1/s1. The number of rotatable bonds is 6. The molecule has 2 aromatic rings. The molecule has 0 saturated heterocycles. The van der Waals surface area contributed by atoms with Gasteiger partial charge in [0.2, 0.25) is 6.79 Å². The summed E-state index contributed by atoms with van der Waals surface area (Å²) in [4.78, 5) is 14.7. The Bertz CT molecular complexity index is 841. The molecular weight excluding hydrogens is 370 g/mol. The molecule has 2 aromatic carbocycles. The Hall–Kier alpha value is -2.89. The average molecular weight is 399 g/mol. The highest BCUT2D eigenvalue weighted by Crippen LogP contribution is 2.33. The monoisotopic (exact) mass is 399 g/mol. The second-order valence-electron chi connectivity index (χ2n) is 8.20. The molecule has 29 heavy (non-hydrogen) atoms. The molecule has 1 heterocycles. The maximum Gasteiger partial charge on any atom is 0.410 e. The van der Waals surface area contributed by atoms with Crippen molar-refractivity contribution in [3.8, 4) is 17.2 Å². The molecule has 0 N–H and O–H groups in total. The number of hydrogen-bond acceptors (Lipinski definition) is 5. The number of hydrogen-bond donors (Lipinski definition) is 0. The number of fused-ring (bicyclic) bond motifs is 1. The fourth-order valence-electron chi connectivity index (χ4n) is 3.17. The molecule has 0 radical (unpaired) electrons. The van der Waals surface area contributed by atoms with Crippen LogP contribution in [0.25, 0.3) is 0 Å².